The second-order valence-electron chi connectivity index (χ2n) is 3.98. The molecular formula is C12H26ClN3O2. The van der Waals surface area contributed by atoms with Crippen molar-refractivity contribution in [3.63, 3.8) is 0 Å². The van der Waals surface area contributed by atoms with E-state index in [9.17, 15) is 9.59 Å². The highest BCUT2D eigenvalue weighted by Crippen LogP contribution is 2.00. The third kappa shape index (κ3) is 7.50. The molecule has 108 valence electrons. The third-order valence-electron chi connectivity index (χ3n) is 2.79. The van der Waals surface area contributed by atoms with Crippen molar-refractivity contribution in [2.45, 2.75) is 26.7 Å². The smallest absolute Gasteiger partial charge is 0.223 e. The fraction of sp³-hybridized carbons (Fsp3) is 0.833. The van der Waals surface area contributed by atoms with E-state index in [0.717, 1.165) is 6.54 Å². The Morgan fingerprint density at radius 2 is 1.56 bits per heavy atom. The molecule has 0 aromatic heterocycles. The number of carbonyl (C=O) groups excluding carboxylic acids is 2. The topological polar surface area (TPSA) is 52.7 Å². The van der Waals surface area contributed by atoms with Gasteiger partial charge >= 0.3 is 0 Å². The number of carbonyl (C=O) groups is 2. The molecule has 0 fully saturated rings. The van der Waals surface area contributed by atoms with E-state index in [1.807, 2.05) is 20.9 Å². The number of amides is 2. The molecule has 0 saturated heterocycles. The lowest BCUT2D eigenvalue weighted by Gasteiger charge is -2.20. The van der Waals surface area contributed by atoms with Gasteiger partial charge in [0.25, 0.3) is 0 Å². The number of rotatable bonds is 8. The molecule has 0 atom stereocenters. The summed E-state index contributed by atoms with van der Waals surface area (Å²) in [5.74, 6) is 0.0890. The van der Waals surface area contributed by atoms with Crippen LogP contribution in [0.2, 0.25) is 0 Å². The van der Waals surface area contributed by atoms with Gasteiger partial charge in [0, 0.05) is 46.1 Å². The van der Waals surface area contributed by atoms with E-state index in [4.69, 9.17) is 0 Å². The zero-order valence-corrected chi connectivity index (χ0v) is 12.7. The molecule has 0 saturated carbocycles. The van der Waals surface area contributed by atoms with Crippen LogP contribution in [0.15, 0.2) is 0 Å². The molecule has 18 heavy (non-hydrogen) atoms. The number of nitrogens with one attached hydrogen (secondary N) is 1. The van der Waals surface area contributed by atoms with Crippen LogP contribution in [-0.2, 0) is 9.59 Å². The number of halogens is 1. The van der Waals surface area contributed by atoms with Gasteiger partial charge in [-0.25, -0.2) is 0 Å². The Hall–Kier alpha value is -0.810. The molecule has 6 heteroatoms. The average Bonchev–Trinajstić information content (AvgIpc) is 2.34. The van der Waals surface area contributed by atoms with Gasteiger partial charge in [0.1, 0.15) is 0 Å². The van der Waals surface area contributed by atoms with E-state index in [1.165, 1.54) is 0 Å². The van der Waals surface area contributed by atoms with E-state index < -0.39 is 0 Å². The van der Waals surface area contributed by atoms with E-state index in [0.29, 0.717) is 32.5 Å². The minimum atomic E-state index is 0. The maximum Gasteiger partial charge on any atom is 0.223 e. The van der Waals surface area contributed by atoms with Gasteiger partial charge in [0.2, 0.25) is 11.8 Å². The Balaban J connectivity index is 0. The van der Waals surface area contributed by atoms with Crippen LogP contribution in [0.1, 0.15) is 26.7 Å². The molecule has 1 N–H and O–H groups in total. The molecule has 0 radical (unpaired) electrons. The maximum atomic E-state index is 11.7. The van der Waals surface area contributed by atoms with E-state index in [2.05, 4.69) is 5.32 Å². The van der Waals surface area contributed by atoms with Gasteiger partial charge in [-0.15, -0.1) is 12.4 Å². The van der Waals surface area contributed by atoms with Gasteiger partial charge in [-0.1, -0.05) is 0 Å². The molecule has 0 aromatic rings. The van der Waals surface area contributed by atoms with Crippen molar-refractivity contribution in [2.24, 2.45) is 0 Å². The molecule has 5 nitrogen and oxygen atoms in total. The number of hydrogen-bond acceptors (Lipinski definition) is 3. The largest absolute Gasteiger partial charge is 0.344 e. The molecule has 0 bridgehead atoms. The highest BCUT2D eigenvalue weighted by molar-refractivity contribution is 5.85. The first-order valence-electron chi connectivity index (χ1n) is 6.23. The van der Waals surface area contributed by atoms with Crippen molar-refractivity contribution in [1.29, 1.82) is 0 Å². The van der Waals surface area contributed by atoms with Gasteiger partial charge in [0.05, 0.1) is 0 Å². The molecule has 0 aliphatic carbocycles. The second kappa shape index (κ2) is 11.3. The Kier molecular flexibility index (Phi) is 12.2. The Morgan fingerprint density at radius 3 is 2.00 bits per heavy atom. The number of likely N-dealkylation sites (N-methyl/N-ethyl adjacent to an activating group) is 2. The SMILES string of the molecule is CCN(CC)C(=O)CCC(=O)N(C)CCNC.Cl. The van der Waals surface area contributed by atoms with Crippen LogP contribution in [0.5, 0.6) is 0 Å². The lowest BCUT2D eigenvalue weighted by Crippen LogP contribution is -2.35. The van der Waals surface area contributed by atoms with Crippen molar-refractivity contribution in [3.05, 3.63) is 0 Å². The molecule has 0 aromatic carbocycles. The minimum absolute atomic E-state index is 0. The molecule has 2 amide bonds. The summed E-state index contributed by atoms with van der Waals surface area (Å²) >= 11 is 0. The fourth-order valence-corrected chi connectivity index (χ4v) is 1.54. The highest BCUT2D eigenvalue weighted by Gasteiger charge is 2.14. The van der Waals surface area contributed by atoms with Crippen molar-refractivity contribution >= 4 is 24.2 Å². The lowest BCUT2D eigenvalue weighted by atomic mass is 10.2. The van der Waals surface area contributed by atoms with Crippen LogP contribution in [-0.4, -0.2) is 61.9 Å². The summed E-state index contributed by atoms with van der Waals surface area (Å²) in [4.78, 5) is 26.8. The average molecular weight is 280 g/mol. The van der Waals surface area contributed by atoms with Crippen LogP contribution in [0.3, 0.4) is 0 Å². The Morgan fingerprint density at radius 1 is 1.06 bits per heavy atom. The summed E-state index contributed by atoms with van der Waals surface area (Å²) in [5.41, 5.74) is 0. The summed E-state index contributed by atoms with van der Waals surface area (Å²) in [6, 6.07) is 0. The van der Waals surface area contributed by atoms with Crippen LogP contribution < -0.4 is 5.32 Å². The summed E-state index contributed by atoms with van der Waals surface area (Å²) in [5, 5.41) is 2.99. The second-order valence-corrected chi connectivity index (χ2v) is 3.98. The van der Waals surface area contributed by atoms with Crippen molar-refractivity contribution in [1.82, 2.24) is 15.1 Å². The van der Waals surface area contributed by atoms with Crippen LogP contribution in [0, 0.1) is 0 Å². The summed E-state index contributed by atoms with van der Waals surface area (Å²) in [6.45, 7) is 6.75. The quantitative estimate of drug-likeness (QED) is 0.713. The maximum absolute atomic E-state index is 11.7. The van der Waals surface area contributed by atoms with Crippen molar-refractivity contribution in [2.75, 3.05) is 40.3 Å². The summed E-state index contributed by atoms with van der Waals surface area (Å²) in [6.07, 6.45) is 0.611. The van der Waals surface area contributed by atoms with Gasteiger partial charge < -0.3 is 15.1 Å². The molecule has 0 aliphatic heterocycles. The number of hydrogen-bond donors (Lipinski definition) is 1. The summed E-state index contributed by atoms with van der Waals surface area (Å²) < 4.78 is 0. The van der Waals surface area contributed by atoms with Gasteiger partial charge in [-0.2, -0.15) is 0 Å². The van der Waals surface area contributed by atoms with Crippen molar-refractivity contribution < 1.29 is 9.59 Å². The zero-order valence-electron chi connectivity index (χ0n) is 11.9. The van der Waals surface area contributed by atoms with Gasteiger partial charge in [-0.05, 0) is 20.9 Å². The summed E-state index contributed by atoms with van der Waals surface area (Å²) in [7, 11) is 3.61. The van der Waals surface area contributed by atoms with Gasteiger partial charge in [-0.3, -0.25) is 9.59 Å². The van der Waals surface area contributed by atoms with Gasteiger partial charge in [0.15, 0.2) is 0 Å². The van der Waals surface area contributed by atoms with Crippen LogP contribution >= 0.6 is 12.4 Å². The monoisotopic (exact) mass is 279 g/mol. The first kappa shape index (κ1) is 19.5. The number of nitrogens with zero attached hydrogens (tertiary/aromatic N) is 2. The Labute approximate surface area is 116 Å². The first-order chi connectivity index (χ1) is 8.06. The van der Waals surface area contributed by atoms with E-state index >= 15 is 0 Å². The standard InChI is InChI=1S/C12H25N3O2.ClH/c1-5-15(6-2)12(17)8-7-11(16)14(4)10-9-13-3;/h13H,5-10H2,1-4H3;1H. The predicted octanol–water partition coefficient (Wildman–Crippen LogP) is 0.735. The zero-order chi connectivity index (χ0) is 13.3. The molecule has 0 spiro atoms. The molecule has 0 unspecified atom stereocenters. The molecule has 0 rings (SSSR count). The molecule has 0 aliphatic rings. The minimum Gasteiger partial charge on any atom is -0.344 e. The third-order valence-corrected chi connectivity index (χ3v) is 2.79. The Bertz CT molecular complexity index is 245. The lowest BCUT2D eigenvalue weighted by molar-refractivity contribution is -0.136. The molecule has 0 heterocycles. The predicted molar refractivity (Wildman–Crippen MR) is 76.0 cm³/mol. The van der Waals surface area contributed by atoms with Crippen LogP contribution in [0.4, 0.5) is 0 Å². The van der Waals surface area contributed by atoms with Crippen molar-refractivity contribution in [3.8, 4) is 0 Å². The fourth-order valence-electron chi connectivity index (χ4n) is 1.54. The van der Waals surface area contributed by atoms with E-state index in [1.54, 1.807) is 16.8 Å². The normalized spacial score (nSPS) is 9.56. The first-order valence-corrected chi connectivity index (χ1v) is 6.23. The van der Waals surface area contributed by atoms with E-state index in [-0.39, 0.29) is 24.2 Å². The highest BCUT2D eigenvalue weighted by atomic mass is 35.5. The molecular weight excluding hydrogens is 254 g/mol. The van der Waals surface area contributed by atoms with Crippen LogP contribution in [0.25, 0.3) is 0 Å².